The van der Waals surface area contributed by atoms with Crippen molar-refractivity contribution in [3.05, 3.63) is 50.8 Å². The second-order valence-corrected chi connectivity index (χ2v) is 6.63. The van der Waals surface area contributed by atoms with Crippen molar-refractivity contribution in [2.75, 3.05) is 18.4 Å². The van der Waals surface area contributed by atoms with E-state index in [4.69, 9.17) is 27.6 Å². The molecule has 0 unspecified atom stereocenters. The van der Waals surface area contributed by atoms with Gasteiger partial charge in [0.25, 0.3) is 5.91 Å². The van der Waals surface area contributed by atoms with Crippen LogP contribution < -0.4 is 5.32 Å². The molecule has 0 fully saturated rings. The van der Waals surface area contributed by atoms with Gasteiger partial charge in [-0.05, 0) is 52.7 Å². The van der Waals surface area contributed by atoms with Crippen molar-refractivity contribution < 1.29 is 14.0 Å². The maximum atomic E-state index is 12.4. The summed E-state index contributed by atoms with van der Waals surface area (Å²) < 4.78 is 5.72. The van der Waals surface area contributed by atoms with Crippen LogP contribution in [0.2, 0.25) is 10.0 Å². The number of anilines is 1. The summed E-state index contributed by atoms with van der Waals surface area (Å²) in [5.41, 5.74) is 0.440. The number of furan rings is 1. The normalized spacial score (nSPS) is 10.5. The molecule has 1 aromatic carbocycles. The average Bonchev–Trinajstić information content (AvgIpc) is 2.95. The molecule has 2 rings (SSSR count). The molecule has 2 aromatic rings. The van der Waals surface area contributed by atoms with E-state index in [1.807, 2.05) is 6.92 Å². The minimum atomic E-state index is -0.355. The molecule has 0 saturated heterocycles. The highest BCUT2D eigenvalue weighted by Gasteiger charge is 2.21. The highest BCUT2D eigenvalue weighted by atomic mass is 79.9. The van der Waals surface area contributed by atoms with Gasteiger partial charge in [-0.25, -0.2) is 0 Å². The fourth-order valence-corrected chi connectivity index (χ4v) is 2.82. The number of benzene rings is 1. The quantitative estimate of drug-likeness (QED) is 0.708. The van der Waals surface area contributed by atoms with E-state index >= 15 is 0 Å². The van der Waals surface area contributed by atoms with E-state index in [9.17, 15) is 9.59 Å². The molecule has 0 atom stereocenters. The van der Waals surface area contributed by atoms with Crippen molar-refractivity contribution in [3.63, 3.8) is 0 Å². The first-order valence-corrected chi connectivity index (χ1v) is 8.75. The first-order chi connectivity index (χ1) is 11.4. The Kier molecular flexibility index (Phi) is 6.71. The molecule has 0 spiro atoms. The van der Waals surface area contributed by atoms with E-state index in [1.54, 1.807) is 24.3 Å². The fraction of sp³-hybridized carbons (Fsp3) is 0.250. The predicted molar refractivity (Wildman–Crippen MR) is 97.7 cm³/mol. The number of nitrogens with one attached hydrogen (secondary N) is 1. The van der Waals surface area contributed by atoms with Crippen LogP contribution >= 0.6 is 39.1 Å². The topological polar surface area (TPSA) is 62.6 Å². The molecule has 128 valence electrons. The van der Waals surface area contributed by atoms with Crippen molar-refractivity contribution in [3.8, 4) is 0 Å². The van der Waals surface area contributed by atoms with Gasteiger partial charge in [0, 0.05) is 11.6 Å². The van der Waals surface area contributed by atoms with Gasteiger partial charge in [0.05, 0.1) is 10.7 Å². The molecule has 1 aromatic heterocycles. The number of hydrogen-bond acceptors (Lipinski definition) is 3. The summed E-state index contributed by atoms with van der Waals surface area (Å²) in [7, 11) is 0. The van der Waals surface area contributed by atoms with Crippen molar-refractivity contribution >= 4 is 56.6 Å². The van der Waals surface area contributed by atoms with Gasteiger partial charge in [0.15, 0.2) is 10.4 Å². The van der Waals surface area contributed by atoms with Crippen molar-refractivity contribution in [2.24, 2.45) is 0 Å². The van der Waals surface area contributed by atoms with Gasteiger partial charge in [-0.1, -0.05) is 30.1 Å². The van der Waals surface area contributed by atoms with E-state index in [-0.39, 0.29) is 24.1 Å². The number of carbonyl (C=O) groups is 2. The third-order valence-corrected chi connectivity index (χ3v) is 4.08. The van der Waals surface area contributed by atoms with Crippen LogP contribution in [-0.4, -0.2) is 29.8 Å². The lowest BCUT2D eigenvalue weighted by Crippen LogP contribution is -2.38. The van der Waals surface area contributed by atoms with Crippen molar-refractivity contribution in [1.29, 1.82) is 0 Å². The molecule has 0 aliphatic carbocycles. The van der Waals surface area contributed by atoms with Gasteiger partial charge >= 0.3 is 0 Å². The van der Waals surface area contributed by atoms with Gasteiger partial charge < -0.3 is 14.6 Å². The second kappa shape index (κ2) is 8.55. The third-order valence-electron chi connectivity index (χ3n) is 3.10. The van der Waals surface area contributed by atoms with E-state index in [1.165, 1.54) is 11.0 Å². The number of carbonyl (C=O) groups excluding carboxylic acids is 2. The van der Waals surface area contributed by atoms with Crippen LogP contribution in [0.1, 0.15) is 23.9 Å². The highest BCUT2D eigenvalue weighted by Crippen LogP contribution is 2.25. The molecule has 1 N–H and O–H groups in total. The van der Waals surface area contributed by atoms with E-state index in [0.717, 1.165) is 0 Å². The Balaban J connectivity index is 2.06. The van der Waals surface area contributed by atoms with Gasteiger partial charge in [-0.3, -0.25) is 9.59 Å². The summed E-state index contributed by atoms with van der Waals surface area (Å²) >= 11 is 15.0. The van der Waals surface area contributed by atoms with E-state index < -0.39 is 0 Å². The first kappa shape index (κ1) is 18.8. The van der Waals surface area contributed by atoms with Crippen LogP contribution in [0.3, 0.4) is 0 Å². The molecule has 8 heteroatoms. The third kappa shape index (κ3) is 5.00. The largest absolute Gasteiger partial charge is 0.444 e. The Morgan fingerprint density at radius 3 is 2.58 bits per heavy atom. The Morgan fingerprint density at radius 1 is 1.25 bits per heavy atom. The molecule has 0 radical (unpaired) electrons. The summed E-state index contributed by atoms with van der Waals surface area (Å²) in [5, 5.41) is 3.48. The number of halogens is 3. The second-order valence-electron chi connectivity index (χ2n) is 5.00. The highest BCUT2D eigenvalue weighted by molar-refractivity contribution is 9.10. The molecular weight excluding hydrogens is 419 g/mol. The van der Waals surface area contributed by atoms with Crippen LogP contribution in [0.4, 0.5) is 5.69 Å². The van der Waals surface area contributed by atoms with Crippen LogP contribution in [0.15, 0.2) is 39.4 Å². The zero-order valence-electron chi connectivity index (χ0n) is 12.8. The summed E-state index contributed by atoms with van der Waals surface area (Å²) in [6.07, 6.45) is 0.711. The molecule has 1 heterocycles. The van der Waals surface area contributed by atoms with Crippen LogP contribution in [0.5, 0.6) is 0 Å². The number of rotatable bonds is 6. The number of nitrogens with zero attached hydrogens (tertiary/aromatic N) is 1. The molecule has 2 amide bonds. The Morgan fingerprint density at radius 2 is 2.00 bits per heavy atom. The smallest absolute Gasteiger partial charge is 0.290 e. The molecule has 0 bridgehead atoms. The Hall–Kier alpha value is -1.50. The van der Waals surface area contributed by atoms with Crippen molar-refractivity contribution in [1.82, 2.24) is 4.90 Å². The summed E-state index contributed by atoms with van der Waals surface area (Å²) in [5.74, 6) is -0.529. The van der Waals surface area contributed by atoms with E-state index in [2.05, 4.69) is 21.2 Å². The molecular formula is C16H15BrCl2N2O3. The van der Waals surface area contributed by atoms with Gasteiger partial charge in [-0.15, -0.1) is 0 Å². The number of hydrogen-bond donors (Lipinski definition) is 1. The lowest BCUT2D eigenvalue weighted by Gasteiger charge is -2.20. The maximum absolute atomic E-state index is 12.4. The minimum Gasteiger partial charge on any atom is -0.444 e. The molecule has 24 heavy (non-hydrogen) atoms. The molecule has 0 aliphatic heterocycles. The first-order valence-electron chi connectivity index (χ1n) is 7.20. The lowest BCUT2D eigenvalue weighted by atomic mass is 10.3. The maximum Gasteiger partial charge on any atom is 0.290 e. The monoisotopic (exact) mass is 432 g/mol. The Bertz CT molecular complexity index is 749. The Labute approximate surface area is 158 Å². The van der Waals surface area contributed by atoms with E-state index in [0.29, 0.717) is 33.4 Å². The van der Waals surface area contributed by atoms with Crippen LogP contribution in [-0.2, 0) is 4.79 Å². The molecule has 0 saturated carbocycles. The molecule has 0 aliphatic rings. The summed E-state index contributed by atoms with van der Waals surface area (Å²) in [6, 6.07) is 7.96. The standard InChI is InChI=1S/C16H15BrCl2N2O3/c1-2-7-21(16(23)13-5-6-14(17)24-13)9-15(22)20-12-4-3-10(18)8-11(12)19/h3-6,8H,2,7,9H2,1H3,(H,20,22). The number of amides is 2. The van der Waals surface area contributed by atoms with Crippen LogP contribution in [0, 0.1) is 0 Å². The zero-order chi connectivity index (χ0) is 17.7. The van der Waals surface area contributed by atoms with Gasteiger partial charge in [-0.2, -0.15) is 0 Å². The fourth-order valence-electron chi connectivity index (χ4n) is 2.06. The zero-order valence-corrected chi connectivity index (χ0v) is 15.9. The lowest BCUT2D eigenvalue weighted by molar-refractivity contribution is -0.116. The van der Waals surface area contributed by atoms with Gasteiger partial charge in [0.1, 0.15) is 6.54 Å². The summed E-state index contributed by atoms with van der Waals surface area (Å²) in [4.78, 5) is 26.1. The van der Waals surface area contributed by atoms with Crippen molar-refractivity contribution in [2.45, 2.75) is 13.3 Å². The summed E-state index contributed by atoms with van der Waals surface area (Å²) in [6.45, 7) is 2.25. The predicted octanol–water partition coefficient (Wildman–Crippen LogP) is 4.84. The van der Waals surface area contributed by atoms with Gasteiger partial charge in [0.2, 0.25) is 5.91 Å². The SMILES string of the molecule is CCCN(CC(=O)Nc1ccc(Cl)cc1Cl)C(=O)c1ccc(Br)o1. The average molecular weight is 434 g/mol. The van der Waals surface area contributed by atoms with Crippen LogP contribution in [0.25, 0.3) is 0 Å². The molecule has 5 nitrogen and oxygen atoms in total. The minimum absolute atomic E-state index is 0.107.